The summed E-state index contributed by atoms with van der Waals surface area (Å²) in [5.41, 5.74) is 0.431. The predicted molar refractivity (Wildman–Crippen MR) is 58.8 cm³/mol. The molecule has 1 aromatic rings. The zero-order valence-electron chi connectivity index (χ0n) is 8.03. The van der Waals surface area contributed by atoms with Crippen molar-refractivity contribution in [3.05, 3.63) is 33.8 Å². The summed E-state index contributed by atoms with van der Waals surface area (Å²) in [6, 6.07) is 5.77. The monoisotopic (exact) mass is 270 g/mol. The summed E-state index contributed by atoms with van der Waals surface area (Å²) in [4.78, 5) is 10.9. The Morgan fingerprint density at radius 3 is 2.87 bits per heavy atom. The fourth-order valence-electron chi connectivity index (χ4n) is 1.94. The summed E-state index contributed by atoms with van der Waals surface area (Å²) in [6.07, 6.45) is 1.07. The minimum absolute atomic E-state index is 0.180. The molecule has 0 amide bonds. The fourth-order valence-corrected chi connectivity index (χ4v) is 2.49. The first kappa shape index (κ1) is 10.6. The van der Waals surface area contributed by atoms with E-state index in [1.165, 1.54) is 0 Å². The lowest BCUT2D eigenvalue weighted by atomic mass is 9.80. The van der Waals surface area contributed by atoms with Crippen LogP contribution in [0.4, 0.5) is 0 Å². The van der Waals surface area contributed by atoms with E-state index >= 15 is 0 Å². The Morgan fingerprint density at radius 1 is 1.47 bits per heavy atom. The Morgan fingerprint density at radius 2 is 2.20 bits per heavy atom. The van der Waals surface area contributed by atoms with Gasteiger partial charge in [0.25, 0.3) is 0 Å². The van der Waals surface area contributed by atoms with Crippen LogP contribution in [0.15, 0.2) is 22.7 Å². The van der Waals surface area contributed by atoms with E-state index in [4.69, 9.17) is 5.11 Å². The number of carboxylic acids is 1. The van der Waals surface area contributed by atoms with Gasteiger partial charge in [0, 0.05) is 10.9 Å². The summed E-state index contributed by atoms with van der Waals surface area (Å²) in [5.74, 6) is -1.14. The highest BCUT2D eigenvalue weighted by Crippen LogP contribution is 2.33. The van der Waals surface area contributed by atoms with E-state index in [1.54, 1.807) is 0 Å². The lowest BCUT2D eigenvalue weighted by molar-refractivity contribution is -0.159. The first-order valence-corrected chi connectivity index (χ1v) is 5.54. The highest BCUT2D eigenvalue weighted by atomic mass is 79.9. The number of hydrogen-bond donors (Lipinski definition) is 2. The number of hydrogen-bond acceptors (Lipinski definition) is 2. The van der Waals surface area contributed by atoms with Gasteiger partial charge in [-0.1, -0.05) is 28.1 Å². The van der Waals surface area contributed by atoms with Crippen LogP contribution in [-0.2, 0) is 17.6 Å². The van der Waals surface area contributed by atoms with E-state index in [0.29, 0.717) is 6.42 Å². The molecule has 4 heteroatoms. The van der Waals surface area contributed by atoms with Gasteiger partial charge >= 0.3 is 5.97 Å². The maximum Gasteiger partial charge on any atom is 0.336 e. The third-order valence-corrected chi connectivity index (χ3v) is 3.63. The van der Waals surface area contributed by atoms with Crippen molar-refractivity contribution in [2.45, 2.75) is 24.9 Å². The van der Waals surface area contributed by atoms with Crippen LogP contribution in [-0.4, -0.2) is 21.8 Å². The van der Waals surface area contributed by atoms with E-state index in [9.17, 15) is 9.90 Å². The van der Waals surface area contributed by atoms with Crippen LogP contribution in [0, 0.1) is 0 Å². The highest BCUT2D eigenvalue weighted by Gasteiger charge is 2.39. The molecule has 0 aromatic heterocycles. The summed E-state index contributed by atoms with van der Waals surface area (Å²) in [5, 5.41) is 18.8. The van der Waals surface area contributed by atoms with Crippen molar-refractivity contribution >= 4 is 21.9 Å². The van der Waals surface area contributed by atoms with Gasteiger partial charge in [0.1, 0.15) is 0 Å². The predicted octanol–water partition coefficient (Wildman–Crippen LogP) is 1.75. The third-order valence-electron chi connectivity index (χ3n) is 2.89. The van der Waals surface area contributed by atoms with Gasteiger partial charge in [-0.3, -0.25) is 0 Å². The first-order chi connectivity index (χ1) is 7.03. The number of carboxylic acid groups (broad SMARTS) is 1. The first-order valence-electron chi connectivity index (χ1n) is 4.75. The number of halogens is 1. The molecule has 3 nitrogen and oxygen atoms in total. The molecule has 0 fully saturated rings. The van der Waals surface area contributed by atoms with E-state index < -0.39 is 11.6 Å². The molecule has 1 aliphatic rings. The van der Waals surface area contributed by atoms with Crippen molar-refractivity contribution < 1.29 is 15.0 Å². The molecule has 2 rings (SSSR count). The zero-order chi connectivity index (χ0) is 11.1. The summed E-state index contributed by atoms with van der Waals surface area (Å²) < 4.78 is 0.874. The van der Waals surface area contributed by atoms with Gasteiger partial charge in [0.15, 0.2) is 5.60 Å². The van der Waals surface area contributed by atoms with Crippen molar-refractivity contribution in [3.63, 3.8) is 0 Å². The van der Waals surface area contributed by atoms with Crippen LogP contribution in [0.5, 0.6) is 0 Å². The van der Waals surface area contributed by atoms with Crippen LogP contribution in [0.1, 0.15) is 17.5 Å². The largest absolute Gasteiger partial charge is 0.479 e. The molecule has 80 valence electrons. The molecule has 0 bridgehead atoms. The maximum absolute atomic E-state index is 10.9. The molecule has 1 atom stereocenters. The average molecular weight is 271 g/mol. The lowest BCUT2D eigenvalue weighted by Crippen LogP contribution is -2.43. The smallest absolute Gasteiger partial charge is 0.336 e. The standard InChI is InChI=1S/C11H11BrO3/c12-9-3-1-2-7-4-5-11(15,10(13)14)6-8(7)9/h1-3,15H,4-6H2,(H,13,14). The number of aliphatic carboxylic acids is 1. The summed E-state index contributed by atoms with van der Waals surface area (Å²) in [6.45, 7) is 0. The third kappa shape index (κ3) is 1.79. The average Bonchev–Trinajstić information content (AvgIpc) is 2.19. The van der Waals surface area contributed by atoms with Crippen LogP contribution < -0.4 is 0 Å². The second kappa shape index (κ2) is 3.61. The van der Waals surface area contributed by atoms with Crippen molar-refractivity contribution in [2.24, 2.45) is 0 Å². The quantitative estimate of drug-likeness (QED) is 0.818. The van der Waals surface area contributed by atoms with Gasteiger partial charge in [-0.15, -0.1) is 0 Å². The zero-order valence-corrected chi connectivity index (χ0v) is 9.62. The van der Waals surface area contributed by atoms with Gasteiger partial charge < -0.3 is 10.2 Å². The Kier molecular flexibility index (Phi) is 2.56. The van der Waals surface area contributed by atoms with E-state index in [-0.39, 0.29) is 12.8 Å². The molecule has 2 N–H and O–H groups in total. The van der Waals surface area contributed by atoms with Crippen LogP contribution >= 0.6 is 15.9 Å². The van der Waals surface area contributed by atoms with Crippen LogP contribution in [0.2, 0.25) is 0 Å². The molecule has 1 aliphatic carbocycles. The molecule has 0 spiro atoms. The topological polar surface area (TPSA) is 57.5 Å². The second-order valence-electron chi connectivity index (χ2n) is 3.89. The van der Waals surface area contributed by atoms with Crippen LogP contribution in [0.25, 0.3) is 0 Å². The maximum atomic E-state index is 10.9. The minimum atomic E-state index is -1.60. The molecule has 15 heavy (non-hydrogen) atoms. The second-order valence-corrected chi connectivity index (χ2v) is 4.75. The lowest BCUT2D eigenvalue weighted by Gasteiger charge is -2.30. The summed E-state index contributed by atoms with van der Waals surface area (Å²) in [7, 11) is 0. The van der Waals surface area contributed by atoms with Gasteiger partial charge in [-0.05, 0) is 30.0 Å². The van der Waals surface area contributed by atoms with E-state index in [2.05, 4.69) is 15.9 Å². The van der Waals surface area contributed by atoms with E-state index in [1.807, 2.05) is 18.2 Å². The van der Waals surface area contributed by atoms with Gasteiger partial charge in [-0.2, -0.15) is 0 Å². The van der Waals surface area contributed by atoms with Crippen LogP contribution in [0.3, 0.4) is 0 Å². The Labute approximate surface area is 95.9 Å². The highest BCUT2D eigenvalue weighted by molar-refractivity contribution is 9.10. The number of carbonyl (C=O) groups is 1. The molecule has 0 aliphatic heterocycles. The minimum Gasteiger partial charge on any atom is -0.479 e. The van der Waals surface area contributed by atoms with Crippen molar-refractivity contribution in [2.75, 3.05) is 0 Å². The molecule has 0 saturated heterocycles. The molecule has 0 saturated carbocycles. The molecule has 1 aromatic carbocycles. The number of aryl methyl sites for hydroxylation is 1. The Hall–Kier alpha value is -0.870. The molecular formula is C11H11BrO3. The van der Waals surface area contributed by atoms with Gasteiger partial charge in [0.2, 0.25) is 0 Å². The van der Waals surface area contributed by atoms with Crippen molar-refractivity contribution in [1.82, 2.24) is 0 Å². The van der Waals surface area contributed by atoms with Crippen molar-refractivity contribution in [3.8, 4) is 0 Å². The van der Waals surface area contributed by atoms with Gasteiger partial charge in [-0.25, -0.2) is 4.79 Å². The number of fused-ring (bicyclic) bond motifs is 1. The summed E-state index contributed by atoms with van der Waals surface area (Å²) >= 11 is 3.38. The van der Waals surface area contributed by atoms with Crippen molar-refractivity contribution in [1.29, 1.82) is 0 Å². The Bertz CT molecular complexity index is 416. The number of aliphatic hydroxyl groups is 1. The number of benzene rings is 1. The molecule has 1 unspecified atom stereocenters. The Balaban J connectivity index is 2.42. The normalized spacial score (nSPS) is 24.7. The SMILES string of the molecule is O=C(O)C1(O)CCc2cccc(Br)c2C1. The number of rotatable bonds is 1. The fraction of sp³-hybridized carbons (Fsp3) is 0.364. The molecule has 0 heterocycles. The molecule has 0 radical (unpaired) electrons. The van der Waals surface area contributed by atoms with Gasteiger partial charge in [0.05, 0.1) is 0 Å². The van der Waals surface area contributed by atoms with E-state index in [0.717, 1.165) is 15.6 Å². The molecular weight excluding hydrogens is 260 g/mol.